The van der Waals surface area contributed by atoms with Crippen LogP contribution in [0.1, 0.15) is 70.2 Å². The van der Waals surface area contributed by atoms with Crippen molar-refractivity contribution < 1.29 is 9.59 Å². The maximum absolute atomic E-state index is 12.1. The highest BCUT2D eigenvalue weighted by molar-refractivity contribution is 5.87. The summed E-state index contributed by atoms with van der Waals surface area (Å²) in [5.41, 5.74) is 10.4. The van der Waals surface area contributed by atoms with E-state index in [0.29, 0.717) is 13.1 Å². The molecule has 2 heterocycles. The Morgan fingerprint density at radius 3 is 1.36 bits per heavy atom. The molecule has 0 unspecified atom stereocenters. The van der Waals surface area contributed by atoms with Gasteiger partial charge in [0.2, 0.25) is 11.8 Å². The number of hydrogen-bond donors (Lipinski definition) is 0. The minimum absolute atomic E-state index is 0.00569. The summed E-state index contributed by atoms with van der Waals surface area (Å²) in [7, 11) is 0. The van der Waals surface area contributed by atoms with Gasteiger partial charge in [0.05, 0.1) is 0 Å². The average molecular weight is 583 g/mol. The first kappa shape index (κ1) is 30.7. The second kappa shape index (κ2) is 14.2. The van der Waals surface area contributed by atoms with Crippen LogP contribution in [0, 0.1) is 0 Å². The highest BCUT2D eigenvalue weighted by atomic mass is 16.2. The van der Waals surface area contributed by atoms with Crippen LogP contribution in [0.4, 0.5) is 0 Å². The van der Waals surface area contributed by atoms with Gasteiger partial charge in [0.25, 0.3) is 0 Å². The molecule has 2 atom stereocenters. The Kier molecular flexibility index (Phi) is 9.91. The normalized spacial score (nSPS) is 17.0. The summed E-state index contributed by atoms with van der Waals surface area (Å²) in [4.78, 5) is 27.9. The van der Waals surface area contributed by atoms with Crippen LogP contribution in [0.5, 0.6) is 0 Å². The molecule has 0 saturated heterocycles. The maximum atomic E-state index is 12.1. The molecule has 0 fully saturated rings. The standard InChI is InChI=1S/2C20H21NO/c2*1-3-15-10-11-17-13-21(20(22)4-2)14-19(18(17)12-15)16-8-6-5-7-9-16/h2*4-12,19H,2-3,13-14H2,1H3/t2*19-/m10/s1. The first-order chi connectivity index (χ1) is 21.4. The largest absolute Gasteiger partial charge is 0.334 e. The lowest BCUT2D eigenvalue weighted by Gasteiger charge is -2.35. The van der Waals surface area contributed by atoms with Crippen LogP contribution in [0.15, 0.2) is 122 Å². The van der Waals surface area contributed by atoms with Crippen LogP contribution in [-0.4, -0.2) is 34.7 Å². The van der Waals surface area contributed by atoms with Crippen molar-refractivity contribution in [1.29, 1.82) is 0 Å². The van der Waals surface area contributed by atoms with E-state index in [1.54, 1.807) is 0 Å². The molecule has 0 radical (unpaired) electrons. The highest BCUT2D eigenvalue weighted by Gasteiger charge is 2.29. The van der Waals surface area contributed by atoms with Gasteiger partial charge in [-0.15, -0.1) is 0 Å². The Morgan fingerprint density at radius 1 is 0.636 bits per heavy atom. The number of hydrogen-bond acceptors (Lipinski definition) is 2. The van der Waals surface area contributed by atoms with E-state index in [0.717, 1.165) is 25.9 Å². The Hall–Kier alpha value is -4.70. The number of fused-ring (bicyclic) bond motifs is 2. The summed E-state index contributed by atoms with van der Waals surface area (Å²) in [5.74, 6) is 0.484. The molecular formula is C40H42N2O2. The number of nitrogens with zero attached hydrogens (tertiary/aromatic N) is 2. The van der Waals surface area contributed by atoms with E-state index in [9.17, 15) is 9.59 Å². The third-order valence-corrected chi connectivity index (χ3v) is 8.89. The van der Waals surface area contributed by atoms with Crippen molar-refractivity contribution in [2.24, 2.45) is 0 Å². The molecule has 0 spiro atoms. The van der Waals surface area contributed by atoms with Gasteiger partial charge in [-0.2, -0.15) is 0 Å². The van der Waals surface area contributed by atoms with Crippen LogP contribution >= 0.6 is 0 Å². The number of benzene rings is 4. The Morgan fingerprint density at radius 2 is 1.02 bits per heavy atom. The van der Waals surface area contributed by atoms with Crippen molar-refractivity contribution in [3.8, 4) is 0 Å². The van der Waals surface area contributed by atoms with Gasteiger partial charge >= 0.3 is 0 Å². The molecular weight excluding hydrogens is 540 g/mol. The van der Waals surface area contributed by atoms with E-state index in [1.807, 2.05) is 21.9 Å². The fourth-order valence-corrected chi connectivity index (χ4v) is 6.38. The van der Waals surface area contributed by atoms with Crippen molar-refractivity contribution in [3.63, 3.8) is 0 Å². The van der Waals surface area contributed by atoms with Gasteiger partial charge in [-0.05, 0) is 69.5 Å². The summed E-state index contributed by atoms with van der Waals surface area (Å²) >= 11 is 0. The Balaban J connectivity index is 0.000000175. The number of rotatable bonds is 6. The molecule has 4 aromatic rings. The fraction of sp³-hybridized carbons (Fsp3) is 0.250. The molecule has 4 aromatic carbocycles. The van der Waals surface area contributed by atoms with E-state index in [1.165, 1.54) is 56.7 Å². The van der Waals surface area contributed by atoms with Gasteiger partial charge in [0.15, 0.2) is 0 Å². The van der Waals surface area contributed by atoms with Gasteiger partial charge < -0.3 is 9.80 Å². The van der Waals surface area contributed by atoms with E-state index in [2.05, 4.69) is 112 Å². The van der Waals surface area contributed by atoms with E-state index < -0.39 is 0 Å². The third-order valence-electron chi connectivity index (χ3n) is 8.89. The van der Waals surface area contributed by atoms with Crippen LogP contribution < -0.4 is 0 Å². The zero-order valence-electron chi connectivity index (χ0n) is 25.9. The topological polar surface area (TPSA) is 40.6 Å². The molecule has 0 N–H and O–H groups in total. The molecule has 224 valence electrons. The molecule has 0 aromatic heterocycles. The highest BCUT2D eigenvalue weighted by Crippen LogP contribution is 2.35. The zero-order valence-corrected chi connectivity index (χ0v) is 25.9. The minimum atomic E-state index is 0.00569. The summed E-state index contributed by atoms with van der Waals surface area (Å²) in [6.07, 6.45) is 4.88. The second-order valence-corrected chi connectivity index (χ2v) is 11.5. The van der Waals surface area contributed by atoms with Crippen molar-refractivity contribution >= 4 is 11.8 Å². The monoisotopic (exact) mass is 582 g/mol. The quantitative estimate of drug-likeness (QED) is 0.218. The van der Waals surface area contributed by atoms with Crippen molar-refractivity contribution in [1.82, 2.24) is 9.80 Å². The molecule has 2 aliphatic heterocycles. The molecule has 2 amide bonds. The first-order valence-corrected chi connectivity index (χ1v) is 15.6. The third kappa shape index (κ3) is 6.75. The zero-order chi connectivity index (χ0) is 31.1. The van der Waals surface area contributed by atoms with E-state index in [4.69, 9.17) is 0 Å². The summed E-state index contributed by atoms with van der Waals surface area (Å²) < 4.78 is 0. The lowest BCUT2D eigenvalue weighted by molar-refractivity contribution is -0.127. The van der Waals surface area contributed by atoms with Crippen molar-refractivity contribution in [2.75, 3.05) is 13.1 Å². The number of carbonyl (C=O) groups is 2. The molecule has 44 heavy (non-hydrogen) atoms. The Bertz CT molecular complexity index is 1500. The molecule has 4 heteroatoms. The van der Waals surface area contributed by atoms with Gasteiger partial charge in [0.1, 0.15) is 0 Å². The smallest absolute Gasteiger partial charge is 0.246 e. The van der Waals surface area contributed by atoms with E-state index >= 15 is 0 Å². The number of carbonyl (C=O) groups excluding carboxylic acids is 2. The van der Waals surface area contributed by atoms with E-state index in [-0.39, 0.29) is 23.7 Å². The first-order valence-electron chi connectivity index (χ1n) is 15.6. The number of aryl methyl sites for hydroxylation is 2. The van der Waals surface area contributed by atoms with Gasteiger partial charge in [0, 0.05) is 38.0 Å². The van der Waals surface area contributed by atoms with Crippen LogP contribution in [0.3, 0.4) is 0 Å². The summed E-state index contributed by atoms with van der Waals surface area (Å²) in [5, 5.41) is 0. The van der Waals surface area contributed by atoms with Crippen LogP contribution in [0.2, 0.25) is 0 Å². The summed E-state index contributed by atoms with van der Waals surface area (Å²) in [6.45, 7) is 14.4. The number of amides is 2. The molecule has 0 saturated carbocycles. The SMILES string of the molecule is C=CC(=O)N1Cc2ccc(CC)cc2[C@@H](c2ccccc2)C1.C=CC(=O)N1Cc2ccc(CC)cc2[C@H](c2ccccc2)C1. The Labute approximate surface area is 262 Å². The molecule has 0 bridgehead atoms. The van der Waals surface area contributed by atoms with Crippen LogP contribution in [-0.2, 0) is 35.5 Å². The molecule has 6 rings (SSSR count). The molecule has 4 nitrogen and oxygen atoms in total. The van der Waals surface area contributed by atoms with Crippen LogP contribution in [0.25, 0.3) is 0 Å². The van der Waals surface area contributed by atoms with Crippen molar-refractivity contribution in [2.45, 2.75) is 51.6 Å². The lowest BCUT2D eigenvalue weighted by atomic mass is 9.83. The maximum Gasteiger partial charge on any atom is 0.246 e. The predicted molar refractivity (Wildman–Crippen MR) is 179 cm³/mol. The molecule has 0 aliphatic carbocycles. The predicted octanol–water partition coefficient (Wildman–Crippen LogP) is 7.82. The lowest BCUT2D eigenvalue weighted by Crippen LogP contribution is -2.37. The fourth-order valence-electron chi connectivity index (χ4n) is 6.38. The van der Waals surface area contributed by atoms with Gasteiger partial charge in [-0.3, -0.25) is 9.59 Å². The summed E-state index contributed by atoms with van der Waals surface area (Å²) in [6, 6.07) is 34.2. The van der Waals surface area contributed by atoms with Gasteiger partial charge in [-0.1, -0.05) is 124 Å². The molecule has 2 aliphatic rings. The average Bonchev–Trinajstić information content (AvgIpc) is 3.10. The van der Waals surface area contributed by atoms with Gasteiger partial charge in [-0.25, -0.2) is 0 Å². The van der Waals surface area contributed by atoms with Crippen molar-refractivity contribution in [3.05, 3.63) is 167 Å². The minimum Gasteiger partial charge on any atom is -0.334 e. The second-order valence-electron chi connectivity index (χ2n) is 11.5.